The van der Waals surface area contributed by atoms with Crippen molar-refractivity contribution in [3.63, 3.8) is 0 Å². The molecule has 1 aromatic carbocycles. The molecular formula is C19H30N2O3S. The number of hydrogen-bond donors (Lipinski definition) is 1. The molecule has 1 heterocycles. The molecular weight excluding hydrogens is 336 g/mol. The molecule has 2 rings (SSSR count). The third-order valence-corrected chi connectivity index (χ3v) is 6.50. The Hall–Kier alpha value is -1.40. The van der Waals surface area contributed by atoms with E-state index < -0.39 is 15.7 Å². The molecule has 0 aromatic heterocycles. The van der Waals surface area contributed by atoms with Gasteiger partial charge in [0, 0.05) is 19.0 Å². The second-order valence-corrected chi connectivity index (χ2v) is 10.2. The van der Waals surface area contributed by atoms with Crippen molar-refractivity contribution in [1.29, 1.82) is 0 Å². The Morgan fingerprint density at radius 2 is 1.84 bits per heavy atom. The highest BCUT2D eigenvalue weighted by Crippen LogP contribution is 2.33. The molecule has 0 aliphatic carbocycles. The van der Waals surface area contributed by atoms with Gasteiger partial charge in [-0.15, -0.1) is 0 Å². The van der Waals surface area contributed by atoms with Crippen LogP contribution in [0.15, 0.2) is 24.3 Å². The Bertz CT molecular complexity index is 690. The summed E-state index contributed by atoms with van der Waals surface area (Å²) in [4.78, 5) is 13.0. The van der Waals surface area contributed by atoms with Gasteiger partial charge < -0.3 is 5.73 Å². The zero-order chi connectivity index (χ0) is 18.7. The van der Waals surface area contributed by atoms with Crippen LogP contribution < -0.4 is 5.73 Å². The lowest BCUT2D eigenvalue weighted by Gasteiger charge is -2.26. The highest BCUT2D eigenvalue weighted by Gasteiger charge is 2.27. The minimum atomic E-state index is -3.24. The van der Waals surface area contributed by atoms with Crippen molar-refractivity contribution in [3.8, 4) is 0 Å². The Balaban J connectivity index is 1.99. The SMILES string of the molecule is CC(C)(C)c1ccc(C2CCCN2CCS(=O)(=O)CCC(N)=O)cc1. The summed E-state index contributed by atoms with van der Waals surface area (Å²) in [6.45, 7) is 8.01. The highest BCUT2D eigenvalue weighted by atomic mass is 32.2. The fraction of sp³-hybridized carbons (Fsp3) is 0.632. The molecule has 1 amide bonds. The molecule has 0 saturated carbocycles. The van der Waals surface area contributed by atoms with Gasteiger partial charge in [0.25, 0.3) is 0 Å². The first kappa shape index (κ1) is 19.9. The molecule has 1 aromatic rings. The summed E-state index contributed by atoms with van der Waals surface area (Å²) < 4.78 is 24.1. The van der Waals surface area contributed by atoms with Crippen molar-refractivity contribution < 1.29 is 13.2 Å². The minimum absolute atomic E-state index is 0.0802. The molecule has 0 bridgehead atoms. The molecule has 0 spiro atoms. The van der Waals surface area contributed by atoms with Crippen LogP contribution in [0.1, 0.15) is 57.2 Å². The van der Waals surface area contributed by atoms with E-state index in [1.54, 1.807) is 0 Å². The van der Waals surface area contributed by atoms with Crippen molar-refractivity contribution in [3.05, 3.63) is 35.4 Å². The van der Waals surface area contributed by atoms with Crippen LogP contribution in [0.4, 0.5) is 0 Å². The van der Waals surface area contributed by atoms with E-state index in [1.807, 2.05) is 0 Å². The first-order valence-corrected chi connectivity index (χ1v) is 10.7. The molecule has 25 heavy (non-hydrogen) atoms. The maximum atomic E-state index is 12.1. The second kappa shape index (κ2) is 7.87. The van der Waals surface area contributed by atoms with E-state index in [1.165, 1.54) is 11.1 Å². The van der Waals surface area contributed by atoms with Crippen molar-refractivity contribution in [2.24, 2.45) is 5.73 Å². The van der Waals surface area contributed by atoms with Crippen LogP contribution in [0, 0.1) is 0 Å². The van der Waals surface area contributed by atoms with Gasteiger partial charge >= 0.3 is 0 Å². The predicted molar refractivity (Wildman–Crippen MR) is 101 cm³/mol. The van der Waals surface area contributed by atoms with Crippen LogP contribution in [0.3, 0.4) is 0 Å². The Morgan fingerprint density at radius 3 is 2.40 bits per heavy atom. The molecule has 6 heteroatoms. The van der Waals surface area contributed by atoms with Crippen LogP contribution in [-0.4, -0.2) is 43.8 Å². The van der Waals surface area contributed by atoms with Gasteiger partial charge in [0.2, 0.25) is 5.91 Å². The van der Waals surface area contributed by atoms with Crippen LogP contribution >= 0.6 is 0 Å². The lowest BCUT2D eigenvalue weighted by atomic mass is 9.86. The number of carbonyl (C=O) groups is 1. The smallest absolute Gasteiger partial charge is 0.218 e. The summed E-state index contributed by atoms with van der Waals surface area (Å²) in [5.74, 6) is -0.639. The maximum absolute atomic E-state index is 12.1. The summed E-state index contributed by atoms with van der Waals surface area (Å²) in [6.07, 6.45) is 2.03. The molecule has 1 saturated heterocycles. The van der Waals surface area contributed by atoms with Gasteiger partial charge in [-0.25, -0.2) is 8.42 Å². The predicted octanol–water partition coefficient (Wildman–Crippen LogP) is 2.41. The van der Waals surface area contributed by atoms with Crippen molar-refractivity contribution in [2.45, 2.75) is 51.5 Å². The molecule has 1 atom stereocenters. The Kier molecular flexibility index (Phi) is 6.27. The maximum Gasteiger partial charge on any atom is 0.218 e. The van der Waals surface area contributed by atoms with E-state index in [0.29, 0.717) is 6.54 Å². The zero-order valence-corrected chi connectivity index (χ0v) is 16.3. The topological polar surface area (TPSA) is 80.5 Å². The normalized spacial score (nSPS) is 19.2. The number of sulfone groups is 1. The standard InChI is InChI=1S/C19H30N2O3S/c1-19(2,3)16-8-6-15(7-9-16)17-5-4-11-21(17)12-14-25(23,24)13-10-18(20)22/h6-9,17H,4-5,10-14H2,1-3H3,(H2,20,22). The van der Waals surface area contributed by atoms with Gasteiger partial charge in [0.1, 0.15) is 0 Å². The molecule has 1 aliphatic heterocycles. The van der Waals surface area contributed by atoms with Crippen molar-refractivity contribution in [1.82, 2.24) is 4.90 Å². The summed E-state index contributed by atoms with van der Waals surface area (Å²) >= 11 is 0. The summed E-state index contributed by atoms with van der Waals surface area (Å²) in [7, 11) is -3.24. The molecule has 0 radical (unpaired) electrons. The molecule has 2 N–H and O–H groups in total. The lowest BCUT2D eigenvalue weighted by molar-refractivity contribution is -0.117. The number of benzene rings is 1. The van der Waals surface area contributed by atoms with Crippen LogP contribution in [0.25, 0.3) is 0 Å². The second-order valence-electron chi connectivity index (χ2n) is 7.93. The van der Waals surface area contributed by atoms with E-state index >= 15 is 0 Å². The zero-order valence-electron chi connectivity index (χ0n) is 15.5. The quantitative estimate of drug-likeness (QED) is 0.803. The number of amides is 1. The molecule has 1 unspecified atom stereocenters. The number of hydrogen-bond acceptors (Lipinski definition) is 4. The van der Waals surface area contributed by atoms with E-state index in [0.717, 1.165) is 19.4 Å². The number of likely N-dealkylation sites (tertiary alicyclic amines) is 1. The highest BCUT2D eigenvalue weighted by molar-refractivity contribution is 7.91. The number of rotatable bonds is 7. The minimum Gasteiger partial charge on any atom is -0.370 e. The fourth-order valence-corrected chi connectivity index (χ4v) is 4.52. The fourth-order valence-electron chi connectivity index (χ4n) is 3.29. The van der Waals surface area contributed by atoms with Crippen LogP contribution in [0.2, 0.25) is 0 Å². The number of primary amides is 1. The third kappa shape index (κ3) is 5.82. The molecule has 5 nitrogen and oxygen atoms in total. The number of nitrogens with zero attached hydrogens (tertiary/aromatic N) is 1. The molecule has 1 fully saturated rings. The molecule has 1 aliphatic rings. The molecule has 140 valence electrons. The van der Waals surface area contributed by atoms with Crippen LogP contribution in [-0.2, 0) is 20.0 Å². The average molecular weight is 367 g/mol. The first-order valence-electron chi connectivity index (χ1n) is 8.92. The number of nitrogens with two attached hydrogens (primary N) is 1. The van der Waals surface area contributed by atoms with Crippen LogP contribution in [0.5, 0.6) is 0 Å². The summed E-state index contributed by atoms with van der Waals surface area (Å²) in [5, 5.41) is 0. The third-order valence-electron chi connectivity index (χ3n) is 4.87. The monoisotopic (exact) mass is 366 g/mol. The first-order chi connectivity index (χ1) is 11.6. The van der Waals surface area contributed by atoms with E-state index in [9.17, 15) is 13.2 Å². The van der Waals surface area contributed by atoms with E-state index in [4.69, 9.17) is 5.73 Å². The largest absolute Gasteiger partial charge is 0.370 e. The van der Waals surface area contributed by atoms with Gasteiger partial charge in [-0.2, -0.15) is 0 Å². The van der Waals surface area contributed by atoms with Crippen molar-refractivity contribution >= 4 is 15.7 Å². The van der Waals surface area contributed by atoms with Gasteiger partial charge in [-0.3, -0.25) is 9.69 Å². The summed E-state index contributed by atoms with van der Waals surface area (Å²) in [6, 6.07) is 8.97. The Morgan fingerprint density at radius 1 is 1.20 bits per heavy atom. The van der Waals surface area contributed by atoms with Crippen molar-refractivity contribution in [2.75, 3.05) is 24.6 Å². The lowest BCUT2D eigenvalue weighted by Crippen LogP contribution is -2.30. The Labute approximate surface area is 151 Å². The number of carbonyl (C=O) groups excluding carboxylic acids is 1. The van der Waals surface area contributed by atoms with E-state index in [2.05, 4.69) is 49.9 Å². The van der Waals surface area contributed by atoms with Gasteiger partial charge in [0.15, 0.2) is 9.84 Å². The van der Waals surface area contributed by atoms with Gasteiger partial charge in [0.05, 0.1) is 11.5 Å². The summed E-state index contributed by atoms with van der Waals surface area (Å²) in [5.41, 5.74) is 7.72. The average Bonchev–Trinajstić information content (AvgIpc) is 2.99. The van der Waals surface area contributed by atoms with E-state index in [-0.39, 0.29) is 29.4 Å². The van der Waals surface area contributed by atoms with Gasteiger partial charge in [-0.1, -0.05) is 45.0 Å². The van der Waals surface area contributed by atoms with Gasteiger partial charge in [-0.05, 0) is 35.9 Å².